The topological polar surface area (TPSA) is 36.4 Å². The molecule has 2 unspecified atom stereocenters. The van der Waals surface area contributed by atoms with Crippen LogP contribution in [0.4, 0.5) is 0 Å². The Bertz CT molecular complexity index is 366. The van der Waals surface area contributed by atoms with E-state index in [-0.39, 0.29) is 0 Å². The van der Waals surface area contributed by atoms with Crippen LogP contribution in [-0.2, 0) is 6.54 Å². The van der Waals surface area contributed by atoms with E-state index < -0.39 is 0 Å². The van der Waals surface area contributed by atoms with Gasteiger partial charge in [-0.05, 0) is 37.3 Å². The van der Waals surface area contributed by atoms with Crippen LogP contribution in [0.3, 0.4) is 0 Å². The normalized spacial score (nSPS) is 29.9. The Kier molecular flexibility index (Phi) is 2.13. The van der Waals surface area contributed by atoms with Crippen molar-refractivity contribution in [1.29, 1.82) is 0 Å². The Morgan fingerprint density at radius 1 is 1.47 bits per heavy atom. The Morgan fingerprint density at radius 2 is 2.40 bits per heavy atom. The molecule has 1 aliphatic carbocycles. The van der Waals surface area contributed by atoms with Crippen LogP contribution < -0.4 is 0 Å². The molecule has 0 spiro atoms. The molecule has 0 amide bonds. The standard InChI is InChI=1S/C12H16N2O/c15-12-2-1-5-13-11(12)8-14-7-9-3-4-10(14)6-9/h1-2,5,9-10,15H,3-4,6-8H2. The van der Waals surface area contributed by atoms with E-state index in [9.17, 15) is 5.11 Å². The quantitative estimate of drug-likeness (QED) is 0.797. The van der Waals surface area contributed by atoms with Crippen molar-refractivity contribution in [3.63, 3.8) is 0 Å². The monoisotopic (exact) mass is 204 g/mol. The van der Waals surface area contributed by atoms with Gasteiger partial charge in [0.05, 0.1) is 5.69 Å². The summed E-state index contributed by atoms with van der Waals surface area (Å²) < 4.78 is 0. The number of pyridine rings is 1. The minimum absolute atomic E-state index is 0.334. The van der Waals surface area contributed by atoms with Crippen LogP contribution in [0, 0.1) is 5.92 Å². The third-order valence-electron chi connectivity index (χ3n) is 3.74. The zero-order valence-electron chi connectivity index (χ0n) is 8.76. The highest BCUT2D eigenvalue weighted by Crippen LogP contribution is 2.38. The molecule has 3 heteroatoms. The van der Waals surface area contributed by atoms with Crippen molar-refractivity contribution in [2.45, 2.75) is 31.8 Å². The largest absolute Gasteiger partial charge is 0.506 e. The van der Waals surface area contributed by atoms with Crippen molar-refractivity contribution in [3.8, 4) is 5.75 Å². The van der Waals surface area contributed by atoms with E-state index in [1.54, 1.807) is 18.3 Å². The molecule has 0 radical (unpaired) electrons. The van der Waals surface area contributed by atoms with Gasteiger partial charge in [0.1, 0.15) is 5.75 Å². The predicted molar refractivity (Wildman–Crippen MR) is 57.4 cm³/mol. The molecule has 1 aromatic heterocycles. The highest BCUT2D eigenvalue weighted by atomic mass is 16.3. The second-order valence-electron chi connectivity index (χ2n) is 4.73. The van der Waals surface area contributed by atoms with E-state index in [1.165, 1.54) is 25.8 Å². The van der Waals surface area contributed by atoms with Crippen LogP contribution in [0.1, 0.15) is 25.0 Å². The summed E-state index contributed by atoms with van der Waals surface area (Å²) >= 11 is 0. The first-order valence-corrected chi connectivity index (χ1v) is 5.70. The molecule has 1 N–H and O–H groups in total. The van der Waals surface area contributed by atoms with Crippen LogP contribution in [0.5, 0.6) is 5.75 Å². The average molecular weight is 204 g/mol. The number of piperidine rings is 1. The smallest absolute Gasteiger partial charge is 0.138 e. The summed E-state index contributed by atoms with van der Waals surface area (Å²) in [6.45, 7) is 2.01. The zero-order chi connectivity index (χ0) is 10.3. The van der Waals surface area contributed by atoms with Crippen molar-refractivity contribution in [3.05, 3.63) is 24.0 Å². The van der Waals surface area contributed by atoms with E-state index in [1.807, 2.05) is 0 Å². The maximum atomic E-state index is 9.65. The summed E-state index contributed by atoms with van der Waals surface area (Å²) in [5, 5.41) is 9.65. The van der Waals surface area contributed by atoms with Crippen molar-refractivity contribution in [2.24, 2.45) is 5.92 Å². The fourth-order valence-corrected chi connectivity index (χ4v) is 2.96. The number of hydrogen-bond donors (Lipinski definition) is 1. The number of aromatic hydroxyl groups is 1. The molecule has 15 heavy (non-hydrogen) atoms. The third kappa shape index (κ3) is 1.61. The molecule has 1 saturated carbocycles. The van der Waals surface area contributed by atoms with E-state index in [2.05, 4.69) is 9.88 Å². The Morgan fingerprint density at radius 3 is 3.07 bits per heavy atom. The third-order valence-corrected chi connectivity index (χ3v) is 3.74. The molecular formula is C12H16N2O. The predicted octanol–water partition coefficient (Wildman–Crippen LogP) is 1.77. The summed E-state index contributed by atoms with van der Waals surface area (Å²) in [5.74, 6) is 1.24. The van der Waals surface area contributed by atoms with E-state index in [0.29, 0.717) is 5.75 Å². The lowest BCUT2D eigenvalue weighted by Gasteiger charge is -2.26. The first-order chi connectivity index (χ1) is 7.33. The Hall–Kier alpha value is -1.09. The minimum atomic E-state index is 0.334. The Balaban J connectivity index is 1.73. The molecule has 3 nitrogen and oxygen atoms in total. The summed E-state index contributed by atoms with van der Waals surface area (Å²) in [5.41, 5.74) is 0.824. The van der Waals surface area contributed by atoms with Crippen LogP contribution in [-0.4, -0.2) is 27.6 Å². The van der Waals surface area contributed by atoms with Gasteiger partial charge in [0, 0.05) is 25.3 Å². The molecule has 80 valence electrons. The number of nitrogens with zero attached hydrogens (tertiary/aromatic N) is 2. The molecule has 2 aliphatic rings. The number of likely N-dealkylation sites (tertiary alicyclic amines) is 1. The van der Waals surface area contributed by atoms with Crippen molar-refractivity contribution >= 4 is 0 Å². The van der Waals surface area contributed by atoms with Gasteiger partial charge >= 0.3 is 0 Å². The fraction of sp³-hybridized carbons (Fsp3) is 0.583. The SMILES string of the molecule is Oc1cccnc1CN1CC2CCC1C2. The molecule has 2 heterocycles. The van der Waals surface area contributed by atoms with Gasteiger partial charge in [0.25, 0.3) is 0 Å². The summed E-state index contributed by atoms with van der Waals surface area (Å²) in [6.07, 6.45) is 5.84. The number of fused-ring (bicyclic) bond motifs is 2. The van der Waals surface area contributed by atoms with Crippen LogP contribution in [0.25, 0.3) is 0 Å². The summed E-state index contributed by atoms with van der Waals surface area (Å²) in [4.78, 5) is 6.70. The second kappa shape index (κ2) is 3.49. The molecule has 1 aromatic rings. The summed E-state index contributed by atoms with van der Waals surface area (Å²) in [6, 6.07) is 4.24. The molecule has 3 rings (SSSR count). The van der Waals surface area contributed by atoms with Gasteiger partial charge in [-0.2, -0.15) is 0 Å². The minimum Gasteiger partial charge on any atom is -0.506 e. The maximum Gasteiger partial charge on any atom is 0.138 e. The first-order valence-electron chi connectivity index (χ1n) is 5.70. The van der Waals surface area contributed by atoms with E-state index in [0.717, 1.165) is 24.2 Å². The lowest BCUT2D eigenvalue weighted by molar-refractivity contribution is 0.200. The van der Waals surface area contributed by atoms with Gasteiger partial charge in [-0.15, -0.1) is 0 Å². The van der Waals surface area contributed by atoms with Gasteiger partial charge in [0.2, 0.25) is 0 Å². The molecule has 2 bridgehead atoms. The highest BCUT2D eigenvalue weighted by Gasteiger charge is 2.37. The number of rotatable bonds is 2. The molecule has 2 fully saturated rings. The van der Waals surface area contributed by atoms with Gasteiger partial charge in [-0.3, -0.25) is 9.88 Å². The molecule has 1 saturated heterocycles. The first kappa shape index (κ1) is 9.16. The van der Waals surface area contributed by atoms with Crippen LogP contribution >= 0.6 is 0 Å². The van der Waals surface area contributed by atoms with Gasteiger partial charge in [-0.1, -0.05) is 0 Å². The number of hydrogen-bond acceptors (Lipinski definition) is 3. The van der Waals surface area contributed by atoms with Crippen LogP contribution in [0.15, 0.2) is 18.3 Å². The molecule has 1 aliphatic heterocycles. The highest BCUT2D eigenvalue weighted by molar-refractivity contribution is 5.25. The lowest BCUT2D eigenvalue weighted by Crippen LogP contribution is -2.31. The van der Waals surface area contributed by atoms with Crippen molar-refractivity contribution in [1.82, 2.24) is 9.88 Å². The Labute approximate surface area is 89.7 Å². The summed E-state index contributed by atoms with van der Waals surface area (Å²) in [7, 11) is 0. The van der Waals surface area contributed by atoms with Crippen molar-refractivity contribution < 1.29 is 5.11 Å². The zero-order valence-corrected chi connectivity index (χ0v) is 8.76. The molecule has 0 aromatic carbocycles. The average Bonchev–Trinajstić information content (AvgIpc) is 2.83. The molecular weight excluding hydrogens is 188 g/mol. The van der Waals surface area contributed by atoms with Crippen LogP contribution in [0.2, 0.25) is 0 Å². The molecule has 2 atom stereocenters. The lowest BCUT2D eigenvalue weighted by atomic mass is 10.1. The number of aromatic nitrogens is 1. The van der Waals surface area contributed by atoms with Gasteiger partial charge in [-0.25, -0.2) is 0 Å². The fourth-order valence-electron chi connectivity index (χ4n) is 2.96. The van der Waals surface area contributed by atoms with Gasteiger partial charge < -0.3 is 5.11 Å². The van der Waals surface area contributed by atoms with E-state index >= 15 is 0 Å². The van der Waals surface area contributed by atoms with Gasteiger partial charge in [0.15, 0.2) is 0 Å². The van der Waals surface area contributed by atoms with E-state index in [4.69, 9.17) is 0 Å². The second-order valence-corrected chi connectivity index (χ2v) is 4.73. The van der Waals surface area contributed by atoms with Crippen molar-refractivity contribution in [2.75, 3.05) is 6.54 Å². The maximum absolute atomic E-state index is 9.65.